The number of halogens is 1. The highest BCUT2D eigenvalue weighted by Gasteiger charge is 2.31. The molecule has 2 aromatic rings. The zero-order valence-electron chi connectivity index (χ0n) is 10.7. The van der Waals surface area contributed by atoms with Crippen molar-refractivity contribution in [3.8, 4) is 0 Å². The number of aromatic nitrogens is 2. The number of fused-ring (bicyclic) bond motifs is 1. The molecule has 3 rings (SSSR count). The minimum absolute atomic E-state index is 0.0156. The molecule has 0 spiro atoms. The summed E-state index contributed by atoms with van der Waals surface area (Å²) in [6.07, 6.45) is 7.09. The Kier molecular flexibility index (Phi) is 3.78. The van der Waals surface area contributed by atoms with E-state index in [4.69, 9.17) is 16.7 Å². The number of imidazole rings is 1. The smallest absolute Gasteiger partial charge is 0.246 e. The number of aliphatic hydroxyl groups excluding tert-OH is 1. The maximum atomic E-state index is 12.2. The molecule has 1 N–H and O–H groups in total. The molecular formula is C13H14ClN3O2S. The molecule has 5 nitrogen and oxygen atoms in total. The van der Waals surface area contributed by atoms with Gasteiger partial charge in [-0.3, -0.25) is 9.20 Å². The topological polar surface area (TPSA) is 57.8 Å². The van der Waals surface area contributed by atoms with Crippen molar-refractivity contribution in [3.63, 3.8) is 0 Å². The van der Waals surface area contributed by atoms with E-state index in [9.17, 15) is 4.79 Å². The van der Waals surface area contributed by atoms with Gasteiger partial charge in [0.15, 0.2) is 10.1 Å². The number of nitrogens with zero attached hydrogens (tertiary/aromatic N) is 3. The number of hydrogen-bond donors (Lipinski definition) is 1. The number of carbonyl (C=O) groups excluding carboxylic acids is 1. The monoisotopic (exact) mass is 311 g/mol. The third-order valence-electron chi connectivity index (χ3n) is 3.25. The number of thiazole rings is 1. The summed E-state index contributed by atoms with van der Waals surface area (Å²) in [6, 6.07) is 0.279. The van der Waals surface area contributed by atoms with Crippen LogP contribution in [0.2, 0.25) is 5.15 Å². The number of amides is 1. The molecule has 1 aliphatic carbocycles. The fraction of sp³-hybridized carbons (Fsp3) is 0.385. The first kappa shape index (κ1) is 13.6. The molecule has 0 bridgehead atoms. The third kappa shape index (κ3) is 2.59. The van der Waals surface area contributed by atoms with E-state index in [-0.39, 0.29) is 18.6 Å². The molecule has 2 aromatic heterocycles. The van der Waals surface area contributed by atoms with Crippen LogP contribution >= 0.6 is 22.9 Å². The summed E-state index contributed by atoms with van der Waals surface area (Å²) in [4.78, 5) is 18.9. The van der Waals surface area contributed by atoms with Gasteiger partial charge in [-0.15, -0.1) is 11.3 Å². The number of aliphatic hydroxyl groups is 1. The molecule has 2 heterocycles. The van der Waals surface area contributed by atoms with Gasteiger partial charge < -0.3 is 10.0 Å². The molecule has 0 aromatic carbocycles. The molecule has 1 fully saturated rings. The number of hydrogen-bond acceptors (Lipinski definition) is 4. The van der Waals surface area contributed by atoms with Crippen LogP contribution in [0, 0.1) is 0 Å². The summed E-state index contributed by atoms with van der Waals surface area (Å²) >= 11 is 7.56. The molecule has 0 unspecified atom stereocenters. The van der Waals surface area contributed by atoms with E-state index >= 15 is 0 Å². The SMILES string of the molecule is O=C(/C=C/c1c(Cl)nc2sccn12)N(CCO)C1CC1. The average molecular weight is 312 g/mol. The summed E-state index contributed by atoms with van der Waals surface area (Å²) in [5.41, 5.74) is 0.705. The van der Waals surface area contributed by atoms with Gasteiger partial charge >= 0.3 is 0 Å². The van der Waals surface area contributed by atoms with E-state index in [2.05, 4.69) is 4.98 Å². The van der Waals surface area contributed by atoms with E-state index in [1.807, 2.05) is 16.0 Å². The Labute approximate surface area is 125 Å². The largest absolute Gasteiger partial charge is 0.395 e. The summed E-state index contributed by atoms with van der Waals surface area (Å²) in [5.74, 6) is -0.0946. The lowest BCUT2D eigenvalue weighted by Crippen LogP contribution is -2.34. The zero-order chi connectivity index (χ0) is 14.1. The Bertz CT molecular complexity index is 660. The van der Waals surface area contributed by atoms with Crippen LogP contribution in [0.4, 0.5) is 0 Å². The molecule has 1 amide bonds. The van der Waals surface area contributed by atoms with Gasteiger partial charge in [0.25, 0.3) is 0 Å². The molecule has 0 atom stereocenters. The Morgan fingerprint density at radius 2 is 2.45 bits per heavy atom. The van der Waals surface area contributed by atoms with Crippen LogP contribution in [0.25, 0.3) is 11.0 Å². The number of carbonyl (C=O) groups is 1. The van der Waals surface area contributed by atoms with Crippen molar-refractivity contribution < 1.29 is 9.90 Å². The highest BCUT2D eigenvalue weighted by molar-refractivity contribution is 7.15. The van der Waals surface area contributed by atoms with Crippen LogP contribution in [0.1, 0.15) is 18.5 Å². The standard InChI is InChI=1S/C13H14ClN3O2S/c14-12-10(17-6-8-20-13(17)15-12)3-4-11(19)16(5-7-18)9-1-2-9/h3-4,6,8-9,18H,1-2,5,7H2/b4-3+. The zero-order valence-corrected chi connectivity index (χ0v) is 12.3. The van der Waals surface area contributed by atoms with Crippen molar-refractivity contribution in [2.75, 3.05) is 13.2 Å². The van der Waals surface area contributed by atoms with Gasteiger partial charge in [-0.05, 0) is 18.9 Å². The van der Waals surface area contributed by atoms with Crippen LogP contribution in [-0.4, -0.2) is 44.5 Å². The van der Waals surface area contributed by atoms with Crippen LogP contribution in [0.5, 0.6) is 0 Å². The van der Waals surface area contributed by atoms with Gasteiger partial charge in [0.1, 0.15) is 0 Å². The first-order valence-corrected chi connectivity index (χ1v) is 7.67. The molecule has 0 radical (unpaired) electrons. The van der Waals surface area contributed by atoms with E-state index < -0.39 is 0 Å². The van der Waals surface area contributed by atoms with Crippen LogP contribution in [0.3, 0.4) is 0 Å². The van der Waals surface area contributed by atoms with E-state index in [0.29, 0.717) is 17.4 Å². The summed E-state index contributed by atoms with van der Waals surface area (Å²) in [6.45, 7) is 0.361. The van der Waals surface area contributed by atoms with Crippen molar-refractivity contribution in [1.29, 1.82) is 0 Å². The lowest BCUT2D eigenvalue weighted by molar-refractivity contribution is -0.127. The van der Waals surface area contributed by atoms with Crippen molar-refractivity contribution in [2.45, 2.75) is 18.9 Å². The fourth-order valence-corrected chi connectivity index (χ4v) is 3.14. The molecule has 0 saturated heterocycles. The van der Waals surface area contributed by atoms with E-state index in [0.717, 1.165) is 17.8 Å². The molecule has 20 heavy (non-hydrogen) atoms. The maximum Gasteiger partial charge on any atom is 0.246 e. The second-order valence-corrected chi connectivity index (χ2v) is 5.89. The average Bonchev–Trinajstić information content (AvgIpc) is 3.09. The highest BCUT2D eigenvalue weighted by Crippen LogP contribution is 2.27. The molecule has 7 heteroatoms. The van der Waals surface area contributed by atoms with E-state index in [1.165, 1.54) is 17.4 Å². The Hall–Kier alpha value is -1.37. The van der Waals surface area contributed by atoms with Gasteiger partial charge in [0, 0.05) is 30.2 Å². The molecule has 0 aliphatic heterocycles. The predicted octanol–water partition coefficient (Wildman–Crippen LogP) is 2.05. The van der Waals surface area contributed by atoms with Gasteiger partial charge in [0.2, 0.25) is 5.91 Å². The minimum Gasteiger partial charge on any atom is -0.395 e. The summed E-state index contributed by atoms with van der Waals surface area (Å²) in [7, 11) is 0. The highest BCUT2D eigenvalue weighted by atomic mass is 35.5. The Balaban J connectivity index is 1.80. The third-order valence-corrected chi connectivity index (χ3v) is 4.28. The maximum absolute atomic E-state index is 12.2. The van der Waals surface area contributed by atoms with Crippen molar-refractivity contribution in [1.82, 2.24) is 14.3 Å². The lowest BCUT2D eigenvalue weighted by atomic mass is 10.3. The normalized spacial score (nSPS) is 15.3. The second kappa shape index (κ2) is 5.55. The van der Waals surface area contributed by atoms with Crippen LogP contribution < -0.4 is 0 Å². The molecule has 106 valence electrons. The van der Waals surface area contributed by atoms with Crippen molar-refractivity contribution in [3.05, 3.63) is 28.5 Å². The summed E-state index contributed by atoms with van der Waals surface area (Å²) < 4.78 is 1.85. The number of rotatable bonds is 5. The summed E-state index contributed by atoms with van der Waals surface area (Å²) in [5, 5.41) is 11.3. The predicted molar refractivity (Wildman–Crippen MR) is 78.9 cm³/mol. The van der Waals surface area contributed by atoms with Gasteiger partial charge in [-0.2, -0.15) is 0 Å². The quantitative estimate of drug-likeness (QED) is 0.860. The first-order valence-electron chi connectivity index (χ1n) is 6.41. The van der Waals surface area contributed by atoms with Gasteiger partial charge in [-0.25, -0.2) is 4.98 Å². The van der Waals surface area contributed by atoms with Gasteiger partial charge in [-0.1, -0.05) is 11.6 Å². The Morgan fingerprint density at radius 3 is 3.15 bits per heavy atom. The van der Waals surface area contributed by atoms with Crippen molar-refractivity contribution in [2.24, 2.45) is 0 Å². The van der Waals surface area contributed by atoms with Crippen LogP contribution in [-0.2, 0) is 4.79 Å². The van der Waals surface area contributed by atoms with E-state index in [1.54, 1.807) is 11.0 Å². The second-order valence-electron chi connectivity index (χ2n) is 4.66. The lowest BCUT2D eigenvalue weighted by Gasteiger charge is -2.19. The van der Waals surface area contributed by atoms with Crippen molar-refractivity contribution >= 4 is 39.9 Å². The Morgan fingerprint density at radius 1 is 1.65 bits per heavy atom. The molecular weight excluding hydrogens is 298 g/mol. The fourth-order valence-electron chi connectivity index (χ4n) is 2.14. The van der Waals surface area contributed by atoms with Gasteiger partial charge in [0.05, 0.1) is 12.3 Å². The molecule has 1 saturated carbocycles. The first-order chi connectivity index (χ1) is 9.70. The minimum atomic E-state index is -0.0946. The van der Waals surface area contributed by atoms with Crippen LogP contribution in [0.15, 0.2) is 17.7 Å². The molecule has 1 aliphatic rings.